The van der Waals surface area contributed by atoms with Crippen molar-refractivity contribution in [3.8, 4) is 22.7 Å². The Hall–Kier alpha value is -3.41. The monoisotopic (exact) mass is 388 g/mol. The Labute approximate surface area is 169 Å². The van der Waals surface area contributed by atoms with Gasteiger partial charge >= 0.3 is 0 Å². The Morgan fingerprint density at radius 3 is 2.62 bits per heavy atom. The van der Waals surface area contributed by atoms with Crippen LogP contribution in [-0.4, -0.2) is 25.8 Å². The molecule has 0 bridgehead atoms. The normalized spacial score (nSPS) is 11.2. The fourth-order valence-electron chi connectivity index (χ4n) is 3.59. The van der Waals surface area contributed by atoms with Crippen molar-refractivity contribution in [2.45, 2.75) is 34.6 Å². The van der Waals surface area contributed by atoms with E-state index in [9.17, 15) is 4.79 Å². The summed E-state index contributed by atoms with van der Waals surface area (Å²) in [7, 11) is 0. The molecule has 4 aromatic rings. The first-order valence-electron chi connectivity index (χ1n) is 9.70. The van der Waals surface area contributed by atoms with Crippen LogP contribution in [0.2, 0.25) is 0 Å². The number of pyridine rings is 1. The van der Waals surface area contributed by atoms with Crippen LogP contribution in [0.5, 0.6) is 5.75 Å². The minimum absolute atomic E-state index is 0.153. The summed E-state index contributed by atoms with van der Waals surface area (Å²) in [5.74, 6) is 0.596. The second-order valence-corrected chi connectivity index (χ2v) is 7.25. The highest BCUT2D eigenvalue weighted by atomic mass is 16.5. The molecule has 0 fully saturated rings. The van der Waals surface area contributed by atoms with Crippen molar-refractivity contribution in [3.63, 3.8) is 0 Å². The van der Waals surface area contributed by atoms with Crippen molar-refractivity contribution < 1.29 is 4.74 Å². The molecule has 0 aliphatic heterocycles. The van der Waals surface area contributed by atoms with E-state index < -0.39 is 0 Å². The third-order valence-electron chi connectivity index (χ3n) is 5.04. The van der Waals surface area contributed by atoms with Gasteiger partial charge in [0.15, 0.2) is 11.4 Å². The molecule has 4 rings (SSSR count). The number of hydrogen-bond acceptors (Lipinski definition) is 4. The van der Waals surface area contributed by atoms with E-state index in [0.29, 0.717) is 35.0 Å². The second kappa shape index (κ2) is 7.20. The highest BCUT2D eigenvalue weighted by Crippen LogP contribution is 2.25. The fourth-order valence-corrected chi connectivity index (χ4v) is 3.59. The smallest absolute Gasteiger partial charge is 0.267 e. The van der Waals surface area contributed by atoms with E-state index in [1.807, 2.05) is 37.6 Å². The van der Waals surface area contributed by atoms with Crippen molar-refractivity contribution in [2.24, 2.45) is 0 Å². The van der Waals surface area contributed by atoms with Crippen LogP contribution in [0.1, 0.15) is 29.4 Å². The summed E-state index contributed by atoms with van der Waals surface area (Å²) >= 11 is 0. The minimum atomic E-state index is -0.153. The van der Waals surface area contributed by atoms with Gasteiger partial charge in [-0.3, -0.25) is 9.20 Å². The summed E-state index contributed by atoms with van der Waals surface area (Å²) in [5.41, 5.74) is 6.38. The third-order valence-corrected chi connectivity index (χ3v) is 5.04. The van der Waals surface area contributed by atoms with Gasteiger partial charge in [-0.2, -0.15) is 5.10 Å². The van der Waals surface area contributed by atoms with Gasteiger partial charge in [0.2, 0.25) is 0 Å². The number of ether oxygens (including phenoxy) is 1. The van der Waals surface area contributed by atoms with E-state index >= 15 is 0 Å². The molecule has 0 spiro atoms. The number of aryl methyl sites for hydroxylation is 4. The Balaban J connectivity index is 1.92. The number of rotatable bonds is 4. The van der Waals surface area contributed by atoms with Gasteiger partial charge in [-0.05, 0) is 70.0 Å². The maximum Gasteiger partial charge on any atom is 0.267 e. The first-order valence-corrected chi connectivity index (χ1v) is 9.70. The Kier molecular flexibility index (Phi) is 4.70. The standard InChI is InChI=1S/C23H24N4O2/c1-6-29-20-8-7-11-26-22(20)24-17(5)21(23(26)28)18-13-16(4)27(25-18)19-12-14(2)9-10-15(19)3/h7-13H,6H2,1-5H3. The maximum absolute atomic E-state index is 13.3. The van der Waals surface area contributed by atoms with Gasteiger partial charge < -0.3 is 4.74 Å². The van der Waals surface area contributed by atoms with Gasteiger partial charge in [-0.25, -0.2) is 9.67 Å². The SMILES string of the molecule is CCOc1cccn2c(=O)c(-c3cc(C)n(-c4cc(C)ccc4C)n3)c(C)nc12. The molecule has 0 saturated heterocycles. The average molecular weight is 388 g/mol. The molecule has 148 valence electrons. The molecule has 0 unspecified atom stereocenters. The maximum atomic E-state index is 13.3. The van der Waals surface area contributed by atoms with Crippen LogP contribution in [-0.2, 0) is 0 Å². The number of nitrogens with zero attached hydrogens (tertiary/aromatic N) is 4. The van der Waals surface area contributed by atoms with Gasteiger partial charge in [0.05, 0.1) is 23.6 Å². The van der Waals surface area contributed by atoms with Gasteiger partial charge in [-0.1, -0.05) is 12.1 Å². The molecular weight excluding hydrogens is 364 g/mol. The summed E-state index contributed by atoms with van der Waals surface area (Å²) in [5, 5.41) is 4.77. The summed E-state index contributed by atoms with van der Waals surface area (Å²) in [6, 6.07) is 11.8. The van der Waals surface area contributed by atoms with E-state index in [-0.39, 0.29) is 5.56 Å². The zero-order valence-electron chi connectivity index (χ0n) is 17.4. The summed E-state index contributed by atoms with van der Waals surface area (Å²) < 4.78 is 9.06. The average Bonchev–Trinajstić information content (AvgIpc) is 3.05. The van der Waals surface area contributed by atoms with Crippen LogP contribution in [0.4, 0.5) is 0 Å². The Morgan fingerprint density at radius 2 is 1.86 bits per heavy atom. The second-order valence-electron chi connectivity index (χ2n) is 7.25. The molecular formula is C23H24N4O2. The molecule has 0 aliphatic rings. The molecule has 1 aromatic carbocycles. The van der Waals surface area contributed by atoms with Gasteiger partial charge in [0.25, 0.3) is 5.56 Å². The van der Waals surface area contributed by atoms with Gasteiger partial charge in [0.1, 0.15) is 5.69 Å². The lowest BCUT2D eigenvalue weighted by Crippen LogP contribution is -2.19. The first-order chi connectivity index (χ1) is 13.9. The number of benzene rings is 1. The number of hydrogen-bond donors (Lipinski definition) is 0. The molecule has 6 nitrogen and oxygen atoms in total. The molecule has 3 heterocycles. The highest BCUT2D eigenvalue weighted by molar-refractivity contribution is 5.66. The van der Waals surface area contributed by atoms with Crippen molar-refractivity contribution in [2.75, 3.05) is 6.61 Å². The lowest BCUT2D eigenvalue weighted by molar-refractivity contribution is 0.342. The predicted octanol–water partition coefficient (Wildman–Crippen LogP) is 4.18. The van der Waals surface area contributed by atoms with Crippen LogP contribution >= 0.6 is 0 Å². The van der Waals surface area contributed by atoms with Gasteiger partial charge in [0, 0.05) is 11.9 Å². The van der Waals surface area contributed by atoms with E-state index in [1.165, 1.54) is 4.40 Å². The zero-order valence-corrected chi connectivity index (χ0v) is 17.4. The van der Waals surface area contributed by atoms with E-state index in [1.54, 1.807) is 12.3 Å². The Morgan fingerprint density at radius 1 is 1.07 bits per heavy atom. The molecule has 0 amide bonds. The third kappa shape index (κ3) is 3.20. The van der Waals surface area contributed by atoms with Crippen LogP contribution in [0.25, 0.3) is 22.6 Å². The largest absolute Gasteiger partial charge is 0.490 e. The molecule has 0 atom stereocenters. The molecule has 29 heavy (non-hydrogen) atoms. The van der Waals surface area contributed by atoms with E-state index in [4.69, 9.17) is 9.84 Å². The van der Waals surface area contributed by atoms with E-state index in [0.717, 1.165) is 22.5 Å². The summed E-state index contributed by atoms with van der Waals surface area (Å²) in [6.07, 6.45) is 1.71. The molecule has 0 saturated carbocycles. The summed E-state index contributed by atoms with van der Waals surface area (Å²) in [6.45, 7) is 10.4. The topological polar surface area (TPSA) is 61.4 Å². The molecule has 6 heteroatoms. The molecule has 0 radical (unpaired) electrons. The summed E-state index contributed by atoms with van der Waals surface area (Å²) in [4.78, 5) is 18.0. The predicted molar refractivity (Wildman–Crippen MR) is 114 cm³/mol. The van der Waals surface area contributed by atoms with Crippen LogP contribution in [0, 0.1) is 27.7 Å². The number of fused-ring (bicyclic) bond motifs is 1. The molecule has 3 aromatic heterocycles. The quantitative estimate of drug-likeness (QED) is 0.526. The Bertz CT molecular complexity index is 1280. The molecule has 0 aliphatic carbocycles. The van der Waals surface area contributed by atoms with Crippen molar-refractivity contribution >= 4 is 5.65 Å². The highest BCUT2D eigenvalue weighted by Gasteiger charge is 2.18. The van der Waals surface area contributed by atoms with Crippen LogP contribution in [0.15, 0.2) is 47.4 Å². The van der Waals surface area contributed by atoms with Crippen molar-refractivity contribution in [1.29, 1.82) is 0 Å². The van der Waals surface area contributed by atoms with E-state index in [2.05, 4.69) is 37.0 Å². The van der Waals surface area contributed by atoms with Crippen LogP contribution < -0.4 is 10.3 Å². The fraction of sp³-hybridized carbons (Fsp3) is 0.261. The van der Waals surface area contributed by atoms with Crippen molar-refractivity contribution in [1.82, 2.24) is 19.2 Å². The van der Waals surface area contributed by atoms with Gasteiger partial charge in [-0.15, -0.1) is 0 Å². The zero-order chi connectivity index (χ0) is 20.7. The minimum Gasteiger partial charge on any atom is -0.490 e. The first kappa shape index (κ1) is 18.9. The molecule has 0 N–H and O–H groups in total. The lowest BCUT2D eigenvalue weighted by Gasteiger charge is -2.11. The van der Waals surface area contributed by atoms with Crippen LogP contribution in [0.3, 0.4) is 0 Å². The lowest BCUT2D eigenvalue weighted by atomic mass is 10.1. The van der Waals surface area contributed by atoms with Crippen molar-refractivity contribution in [3.05, 3.63) is 75.5 Å². The number of aromatic nitrogens is 4.